The predicted octanol–water partition coefficient (Wildman–Crippen LogP) is 3.30. The second-order valence-corrected chi connectivity index (χ2v) is 8.17. The zero-order valence-electron chi connectivity index (χ0n) is 18.2. The second kappa shape index (κ2) is 10.9. The number of hydrogen-bond donors (Lipinski definition) is 2. The van der Waals surface area contributed by atoms with Crippen molar-refractivity contribution in [2.24, 2.45) is 10.9 Å². The summed E-state index contributed by atoms with van der Waals surface area (Å²) in [6, 6.07) is -0.102. The fourth-order valence-corrected chi connectivity index (χ4v) is 3.74. The number of carbonyl (C=O) groups is 1. The van der Waals surface area contributed by atoms with Crippen LogP contribution < -0.4 is 10.6 Å². The molecule has 0 aromatic carbocycles. The van der Waals surface area contributed by atoms with Crippen LogP contribution in [0.15, 0.2) is 17.4 Å². The van der Waals surface area contributed by atoms with Crippen molar-refractivity contribution in [1.29, 1.82) is 0 Å². The van der Waals surface area contributed by atoms with E-state index in [9.17, 15) is 4.79 Å². The number of nitrogens with one attached hydrogen (secondary N) is 2. The van der Waals surface area contributed by atoms with Crippen LogP contribution in [0.25, 0.3) is 0 Å². The highest BCUT2D eigenvalue weighted by Gasteiger charge is 2.20. The Kier molecular flexibility index (Phi) is 8.63. The molecule has 0 amide bonds. The number of ether oxygens (including phenoxy) is 1. The summed E-state index contributed by atoms with van der Waals surface area (Å²) in [5, 5.41) is 7.44. The number of esters is 1. The minimum atomic E-state index is -0.321. The molecule has 2 N–H and O–H groups in total. The minimum absolute atomic E-state index is 0.102. The molecule has 0 bridgehead atoms. The largest absolute Gasteiger partial charge is 0.462 e. The summed E-state index contributed by atoms with van der Waals surface area (Å²) >= 11 is 1.35. The molecule has 2 rings (SSSR count). The number of nitrogens with zero attached hydrogens (tertiary/aromatic N) is 4. The lowest BCUT2D eigenvalue weighted by atomic mass is 10.2. The highest BCUT2D eigenvalue weighted by molar-refractivity contribution is 7.13. The van der Waals surface area contributed by atoms with E-state index in [1.54, 1.807) is 6.92 Å². The van der Waals surface area contributed by atoms with E-state index in [-0.39, 0.29) is 12.0 Å². The molecule has 0 radical (unpaired) electrons. The third-order valence-corrected chi connectivity index (χ3v) is 5.40. The Labute approximate surface area is 176 Å². The van der Waals surface area contributed by atoms with E-state index >= 15 is 0 Å². The summed E-state index contributed by atoms with van der Waals surface area (Å²) in [5.41, 5.74) is 0.690. The molecule has 2 aromatic heterocycles. The van der Waals surface area contributed by atoms with E-state index < -0.39 is 0 Å². The van der Waals surface area contributed by atoms with Crippen molar-refractivity contribution < 1.29 is 9.53 Å². The molecule has 0 aliphatic carbocycles. The maximum Gasteiger partial charge on any atom is 0.350 e. The molecule has 1 atom stereocenters. The fourth-order valence-electron chi connectivity index (χ4n) is 2.78. The quantitative estimate of drug-likeness (QED) is 0.367. The average molecular weight is 421 g/mol. The molecule has 29 heavy (non-hydrogen) atoms. The number of imidazole rings is 1. The molecule has 1 unspecified atom stereocenters. The molecular formula is C20H32N6O2S. The summed E-state index contributed by atoms with van der Waals surface area (Å²) < 4.78 is 7.24. The lowest BCUT2D eigenvalue weighted by molar-refractivity contribution is 0.0531. The fraction of sp³-hybridized carbons (Fsp3) is 0.600. The van der Waals surface area contributed by atoms with Gasteiger partial charge in [-0.15, -0.1) is 11.3 Å². The van der Waals surface area contributed by atoms with Gasteiger partial charge in [0.2, 0.25) is 0 Å². The van der Waals surface area contributed by atoms with Crippen molar-refractivity contribution in [3.05, 3.63) is 33.8 Å². The third-order valence-electron chi connectivity index (χ3n) is 4.08. The smallest absolute Gasteiger partial charge is 0.350 e. The Morgan fingerprint density at radius 1 is 1.34 bits per heavy atom. The van der Waals surface area contributed by atoms with Crippen LogP contribution in [0.2, 0.25) is 0 Å². The lowest BCUT2D eigenvalue weighted by Crippen LogP contribution is -2.38. The van der Waals surface area contributed by atoms with E-state index in [2.05, 4.69) is 44.0 Å². The van der Waals surface area contributed by atoms with Crippen molar-refractivity contribution in [2.45, 2.75) is 60.7 Å². The molecule has 0 saturated heterocycles. The van der Waals surface area contributed by atoms with Gasteiger partial charge < -0.3 is 19.9 Å². The SMILES string of the molecule is CCNC(=NCc1nccn1CC(C)C)NC(C)c1nc(C)c(C(=O)OCC)s1. The predicted molar refractivity (Wildman–Crippen MR) is 116 cm³/mol. The lowest BCUT2D eigenvalue weighted by Gasteiger charge is -2.16. The molecule has 0 saturated carbocycles. The van der Waals surface area contributed by atoms with Gasteiger partial charge in [-0.3, -0.25) is 0 Å². The zero-order chi connectivity index (χ0) is 21.4. The number of carbonyl (C=O) groups excluding carboxylic acids is 1. The van der Waals surface area contributed by atoms with Crippen molar-refractivity contribution in [3.8, 4) is 0 Å². The van der Waals surface area contributed by atoms with E-state index in [1.165, 1.54) is 11.3 Å². The molecule has 9 heteroatoms. The molecule has 0 aliphatic rings. The van der Waals surface area contributed by atoms with Crippen LogP contribution >= 0.6 is 11.3 Å². The van der Waals surface area contributed by atoms with Gasteiger partial charge in [-0.25, -0.2) is 19.8 Å². The number of aryl methyl sites for hydroxylation is 1. The first-order valence-corrected chi connectivity index (χ1v) is 10.9. The van der Waals surface area contributed by atoms with Gasteiger partial charge in [0.05, 0.1) is 18.3 Å². The van der Waals surface area contributed by atoms with Crippen molar-refractivity contribution in [1.82, 2.24) is 25.2 Å². The first-order chi connectivity index (χ1) is 13.8. The second-order valence-electron chi connectivity index (χ2n) is 7.14. The molecule has 160 valence electrons. The van der Waals surface area contributed by atoms with Gasteiger partial charge >= 0.3 is 5.97 Å². The summed E-state index contributed by atoms with van der Waals surface area (Å²) in [6.07, 6.45) is 3.80. The van der Waals surface area contributed by atoms with Gasteiger partial charge in [-0.1, -0.05) is 13.8 Å². The summed E-state index contributed by atoms with van der Waals surface area (Å²) in [4.78, 5) is 26.2. The number of rotatable bonds is 9. The molecule has 0 fully saturated rings. The summed E-state index contributed by atoms with van der Waals surface area (Å²) in [6.45, 7) is 14.5. The van der Waals surface area contributed by atoms with Crippen molar-refractivity contribution in [2.75, 3.05) is 13.2 Å². The first-order valence-electron chi connectivity index (χ1n) is 10.0. The average Bonchev–Trinajstić information content (AvgIpc) is 3.26. The number of hydrogen-bond acceptors (Lipinski definition) is 6. The first kappa shape index (κ1) is 22.9. The van der Waals surface area contributed by atoms with E-state index in [4.69, 9.17) is 4.74 Å². The normalized spacial score (nSPS) is 12.9. The highest BCUT2D eigenvalue weighted by atomic mass is 32.1. The molecule has 2 heterocycles. The monoisotopic (exact) mass is 420 g/mol. The molecule has 0 aliphatic heterocycles. The minimum Gasteiger partial charge on any atom is -0.462 e. The van der Waals surface area contributed by atoms with Crippen LogP contribution in [0.5, 0.6) is 0 Å². The van der Waals surface area contributed by atoms with Gasteiger partial charge in [0, 0.05) is 25.5 Å². The van der Waals surface area contributed by atoms with Gasteiger partial charge in [-0.2, -0.15) is 0 Å². The van der Waals surface area contributed by atoms with Crippen LogP contribution in [0.3, 0.4) is 0 Å². The summed E-state index contributed by atoms with van der Waals surface area (Å²) in [5.74, 6) is 1.83. The number of guanidine groups is 1. The Morgan fingerprint density at radius 2 is 2.10 bits per heavy atom. The highest BCUT2D eigenvalue weighted by Crippen LogP contribution is 2.24. The standard InChI is InChI=1S/C20H32N6O2S/c1-7-21-20(23-11-16-22-9-10-26(16)12-13(3)4)25-15(6)18-24-14(5)17(29-18)19(27)28-8-2/h9-10,13,15H,7-8,11-12H2,1-6H3,(H2,21,23,25). The van der Waals surface area contributed by atoms with Gasteiger partial charge in [0.15, 0.2) is 5.96 Å². The number of aliphatic imine (C=N–C) groups is 1. The third kappa shape index (κ3) is 6.56. The van der Waals surface area contributed by atoms with Gasteiger partial charge in [0.25, 0.3) is 0 Å². The van der Waals surface area contributed by atoms with Gasteiger partial charge in [0.1, 0.15) is 22.3 Å². The Morgan fingerprint density at radius 3 is 2.76 bits per heavy atom. The van der Waals surface area contributed by atoms with Crippen LogP contribution in [0.1, 0.15) is 66.9 Å². The van der Waals surface area contributed by atoms with E-state index in [0.29, 0.717) is 35.6 Å². The molecule has 2 aromatic rings. The van der Waals surface area contributed by atoms with Crippen molar-refractivity contribution >= 4 is 23.3 Å². The van der Waals surface area contributed by atoms with E-state index in [1.807, 2.05) is 33.2 Å². The molecular weight excluding hydrogens is 388 g/mol. The maximum absolute atomic E-state index is 12.1. The van der Waals surface area contributed by atoms with E-state index in [0.717, 1.165) is 23.9 Å². The topological polar surface area (TPSA) is 93.4 Å². The van der Waals surface area contributed by atoms with Crippen LogP contribution in [0.4, 0.5) is 0 Å². The van der Waals surface area contributed by atoms with Gasteiger partial charge in [-0.05, 0) is 33.6 Å². The maximum atomic E-state index is 12.1. The van der Waals surface area contributed by atoms with Crippen molar-refractivity contribution in [3.63, 3.8) is 0 Å². The molecule has 8 nitrogen and oxygen atoms in total. The number of thiazole rings is 1. The van der Waals surface area contributed by atoms with Crippen LogP contribution in [0, 0.1) is 12.8 Å². The molecule has 0 spiro atoms. The number of aromatic nitrogens is 3. The zero-order valence-corrected chi connectivity index (χ0v) is 19.0. The van der Waals surface area contributed by atoms with Crippen LogP contribution in [-0.2, 0) is 17.8 Å². The summed E-state index contributed by atoms with van der Waals surface area (Å²) in [7, 11) is 0. The Bertz CT molecular complexity index is 827. The Hall–Kier alpha value is -2.42. The van der Waals surface area contributed by atoms with Crippen LogP contribution in [-0.4, -0.2) is 39.6 Å². The Balaban J connectivity index is 2.10.